The van der Waals surface area contributed by atoms with Crippen LogP contribution in [-0.2, 0) is 14.8 Å². The highest BCUT2D eigenvalue weighted by molar-refractivity contribution is 7.94. The molecular formula is C21H20N6O5S2. The van der Waals surface area contributed by atoms with Crippen LogP contribution in [0.4, 0.5) is 10.8 Å². The van der Waals surface area contributed by atoms with Gasteiger partial charge in [-0.1, -0.05) is 11.3 Å². The predicted molar refractivity (Wildman–Crippen MR) is 128 cm³/mol. The fraction of sp³-hybridized carbons (Fsp3) is 0.190. The second-order valence-corrected chi connectivity index (χ2v) is 10.2. The summed E-state index contributed by atoms with van der Waals surface area (Å²) in [4.78, 5) is 36.3. The first kappa shape index (κ1) is 23.3. The number of aromatic nitrogens is 4. The molecule has 0 aliphatic carbocycles. The van der Waals surface area contributed by atoms with Gasteiger partial charge < -0.3 is 10.1 Å². The van der Waals surface area contributed by atoms with E-state index in [2.05, 4.69) is 25.0 Å². The van der Waals surface area contributed by atoms with Crippen molar-refractivity contribution in [1.82, 2.24) is 19.4 Å². The quantitative estimate of drug-likeness (QED) is 0.411. The number of rotatable bonds is 6. The molecule has 4 aromatic rings. The third-order valence-corrected chi connectivity index (χ3v) is 7.82. The number of fused-ring (bicyclic) bond motifs is 1. The maximum atomic E-state index is 13.1. The van der Waals surface area contributed by atoms with Gasteiger partial charge in [0.25, 0.3) is 15.6 Å². The standard InChI is InChI=1S/C21H20N6O5S2/c1-11-8-22-17-6-5-14(10-27(17)19(11)29)15-7-16(18(32-4)23-9-15)26-34(30,31)20-12(2)24-21(33-20)25-13(3)28/h5-10,26H,1-4H3,(H,24,25,28). The molecule has 34 heavy (non-hydrogen) atoms. The van der Waals surface area contributed by atoms with Gasteiger partial charge in [-0.3, -0.25) is 18.7 Å². The molecule has 0 spiro atoms. The van der Waals surface area contributed by atoms with E-state index < -0.39 is 10.0 Å². The third kappa shape index (κ3) is 4.47. The van der Waals surface area contributed by atoms with Crippen molar-refractivity contribution in [2.24, 2.45) is 0 Å². The van der Waals surface area contributed by atoms with Crippen LogP contribution < -0.4 is 20.3 Å². The number of hydrogen-bond acceptors (Lipinski definition) is 9. The Balaban J connectivity index is 1.75. The van der Waals surface area contributed by atoms with Crippen LogP contribution in [0.5, 0.6) is 5.88 Å². The Bertz CT molecular complexity index is 1590. The second kappa shape index (κ2) is 8.83. The molecular weight excluding hydrogens is 480 g/mol. The SMILES string of the molecule is COc1ncc(-c2ccc3ncc(C)c(=O)n3c2)cc1NS(=O)(=O)c1sc(NC(C)=O)nc1C. The first-order valence-corrected chi connectivity index (χ1v) is 12.2. The van der Waals surface area contributed by atoms with Gasteiger partial charge in [0.15, 0.2) is 9.34 Å². The summed E-state index contributed by atoms with van der Waals surface area (Å²) in [5.41, 5.74) is 2.29. The molecule has 0 atom stereocenters. The van der Waals surface area contributed by atoms with Gasteiger partial charge >= 0.3 is 0 Å². The van der Waals surface area contributed by atoms with Crippen molar-refractivity contribution in [2.75, 3.05) is 17.1 Å². The van der Waals surface area contributed by atoms with E-state index in [1.54, 1.807) is 31.3 Å². The molecule has 2 N–H and O–H groups in total. The van der Waals surface area contributed by atoms with Crippen molar-refractivity contribution in [3.63, 3.8) is 0 Å². The lowest BCUT2D eigenvalue weighted by atomic mass is 10.1. The topological polar surface area (TPSA) is 145 Å². The van der Waals surface area contributed by atoms with E-state index >= 15 is 0 Å². The average Bonchev–Trinajstić information content (AvgIpc) is 3.16. The lowest BCUT2D eigenvalue weighted by Gasteiger charge is -2.12. The molecule has 11 nitrogen and oxygen atoms in total. The Labute approximate surface area is 198 Å². The van der Waals surface area contributed by atoms with Gasteiger partial charge in [0.05, 0.1) is 12.8 Å². The van der Waals surface area contributed by atoms with Gasteiger partial charge in [-0.2, -0.15) is 0 Å². The molecule has 4 rings (SSSR count). The molecule has 0 aromatic carbocycles. The van der Waals surface area contributed by atoms with Gasteiger partial charge in [0, 0.05) is 42.2 Å². The molecule has 4 aromatic heterocycles. The minimum atomic E-state index is -4.07. The highest BCUT2D eigenvalue weighted by Gasteiger charge is 2.24. The number of ether oxygens (including phenoxy) is 1. The summed E-state index contributed by atoms with van der Waals surface area (Å²) in [5, 5.41) is 2.66. The monoisotopic (exact) mass is 500 g/mol. The van der Waals surface area contributed by atoms with Gasteiger partial charge in [-0.05, 0) is 32.0 Å². The van der Waals surface area contributed by atoms with Crippen molar-refractivity contribution in [3.8, 4) is 17.0 Å². The van der Waals surface area contributed by atoms with Crippen LogP contribution in [0.2, 0.25) is 0 Å². The maximum Gasteiger partial charge on any atom is 0.273 e. The Morgan fingerprint density at radius 3 is 2.62 bits per heavy atom. The van der Waals surface area contributed by atoms with Crippen LogP contribution in [0.1, 0.15) is 18.2 Å². The number of pyridine rings is 2. The van der Waals surface area contributed by atoms with E-state index in [1.807, 2.05) is 0 Å². The van der Waals surface area contributed by atoms with Crippen LogP contribution in [0, 0.1) is 13.8 Å². The maximum absolute atomic E-state index is 13.1. The van der Waals surface area contributed by atoms with Gasteiger partial charge in [-0.25, -0.2) is 23.4 Å². The number of aryl methyl sites for hydroxylation is 2. The summed E-state index contributed by atoms with van der Waals surface area (Å²) in [5.74, 6) is -0.295. The van der Waals surface area contributed by atoms with Crippen LogP contribution in [0.3, 0.4) is 0 Å². The molecule has 0 fully saturated rings. The lowest BCUT2D eigenvalue weighted by molar-refractivity contribution is -0.114. The summed E-state index contributed by atoms with van der Waals surface area (Å²) in [6, 6.07) is 5.00. The van der Waals surface area contributed by atoms with Crippen LogP contribution in [0.25, 0.3) is 16.8 Å². The highest BCUT2D eigenvalue weighted by atomic mass is 32.2. The normalized spacial score (nSPS) is 11.4. The molecule has 0 aliphatic rings. The smallest absolute Gasteiger partial charge is 0.273 e. The minimum absolute atomic E-state index is 0.0532. The zero-order valence-corrected chi connectivity index (χ0v) is 20.2. The van der Waals surface area contributed by atoms with E-state index in [-0.39, 0.29) is 38.1 Å². The average molecular weight is 501 g/mol. The number of nitrogens with one attached hydrogen (secondary N) is 2. The molecule has 0 radical (unpaired) electrons. The summed E-state index contributed by atoms with van der Waals surface area (Å²) in [6.07, 6.45) is 4.64. The number of methoxy groups -OCH3 is 1. The van der Waals surface area contributed by atoms with Crippen molar-refractivity contribution >= 4 is 43.7 Å². The molecule has 1 amide bonds. The van der Waals surface area contributed by atoms with Crippen LogP contribution in [-0.4, -0.2) is 40.8 Å². The zero-order valence-electron chi connectivity index (χ0n) is 18.6. The molecule has 0 saturated carbocycles. The fourth-order valence-electron chi connectivity index (χ4n) is 3.21. The van der Waals surface area contributed by atoms with Gasteiger partial charge in [-0.15, -0.1) is 0 Å². The van der Waals surface area contributed by atoms with Crippen molar-refractivity contribution in [1.29, 1.82) is 0 Å². The van der Waals surface area contributed by atoms with Crippen LogP contribution in [0.15, 0.2) is 45.8 Å². The van der Waals surface area contributed by atoms with E-state index in [0.717, 1.165) is 11.3 Å². The third-order valence-electron chi connectivity index (χ3n) is 4.78. The first-order chi connectivity index (χ1) is 16.1. The number of sulfonamides is 1. The summed E-state index contributed by atoms with van der Waals surface area (Å²) >= 11 is 0.833. The molecule has 0 unspecified atom stereocenters. The molecule has 4 heterocycles. The van der Waals surface area contributed by atoms with E-state index in [0.29, 0.717) is 22.3 Å². The molecule has 13 heteroatoms. The van der Waals surface area contributed by atoms with E-state index in [4.69, 9.17) is 4.74 Å². The number of thiazole rings is 1. The first-order valence-electron chi connectivity index (χ1n) is 9.89. The summed E-state index contributed by atoms with van der Waals surface area (Å²) in [6.45, 7) is 4.52. The predicted octanol–water partition coefficient (Wildman–Crippen LogP) is 2.60. The summed E-state index contributed by atoms with van der Waals surface area (Å²) in [7, 11) is -2.70. The zero-order chi connectivity index (χ0) is 24.6. The van der Waals surface area contributed by atoms with Crippen molar-refractivity contribution in [2.45, 2.75) is 25.0 Å². The number of nitrogens with zero attached hydrogens (tertiary/aromatic N) is 4. The number of carbonyl (C=O) groups is 1. The van der Waals surface area contributed by atoms with Crippen molar-refractivity contribution in [3.05, 3.63) is 58.4 Å². The molecule has 0 aliphatic heterocycles. The Morgan fingerprint density at radius 2 is 1.91 bits per heavy atom. The van der Waals surface area contributed by atoms with Gasteiger partial charge in [0.1, 0.15) is 11.3 Å². The molecule has 176 valence electrons. The second-order valence-electron chi connectivity index (χ2n) is 7.35. The van der Waals surface area contributed by atoms with E-state index in [1.165, 1.54) is 37.8 Å². The summed E-state index contributed by atoms with van der Waals surface area (Å²) < 4.78 is 35.3. The Kier molecular flexibility index (Phi) is 6.06. The minimum Gasteiger partial charge on any atom is -0.480 e. The largest absolute Gasteiger partial charge is 0.480 e. The fourth-order valence-corrected chi connectivity index (χ4v) is 5.72. The number of hydrogen-bond donors (Lipinski definition) is 2. The number of carbonyl (C=O) groups excluding carboxylic acids is 1. The Hall–Kier alpha value is -3.84. The van der Waals surface area contributed by atoms with Crippen molar-refractivity contribution < 1.29 is 17.9 Å². The molecule has 0 saturated heterocycles. The van der Waals surface area contributed by atoms with Gasteiger partial charge in [0.2, 0.25) is 11.8 Å². The van der Waals surface area contributed by atoms with E-state index in [9.17, 15) is 18.0 Å². The number of anilines is 2. The highest BCUT2D eigenvalue weighted by Crippen LogP contribution is 2.33. The molecule has 0 bridgehead atoms. The lowest BCUT2D eigenvalue weighted by Crippen LogP contribution is -2.17. The Morgan fingerprint density at radius 1 is 1.15 bits per heavy atom. The number of amides is 1. The van der Waals surface area contributed by atoms with Crippen LogP contribution >= 0.6 is 11.3 Å².